The van der Waals surface area contributed by atoms with Crippen molar-refractivity contribution in [3.8, 4) is 12.3 Å². The van der Waals surface area contributed by atoms with Crippen LogP contribution in [-0.2, 0) is 0 Å². The Morgan fingerprint density at radius 3 is 3.28 bits per heavy atom. The minimum absolute atomic E-state index is 0.236. The first-order valence-corrected chi connectivity index (χ1v) is 6.90. The molecule has 0 amide bonds. The summed E-state index contributed by atoms with van der Waals surface area (Å²) in [6, 6.07) is 3.86. The van der Waals surface area contributed by atoms with Gasteiger partial charge in [0.15, 0.2) is 5.16 Å². The zero-order chi connectivity index (χ0) is 12.8. The number of terminal acetylenes is 1. The molecule has 0 unspecified atom stereocenters. The number of thiophene rings is 1. The molecule has 6 heteroatoms. The van der Waals surface area contributed by atoms with Gasteiger partial charge in [0, 0.05) is 11.0 Å². The summed E-state index contributed by atoms with van der Waals surface area (Å²) in [4.78, 5) is 16.9. The van der Waals surface area contributed by atoms with E-state index >= 15 is 0 Å². The summed E-state index contributed by atoms with van der Waals surface area (Å²) in [5.41, 5.74) is 0. The lowest BCUT2D eigenvalue weighted by atomic mass is 10.4. The SMILES string of the molecule is C#CCSc1ncnn1C(=O)/C=C\c1cccs1. The standard InChI is InChI=1S/C12H9N3OS2/c1-2-7-18-12-13-9-14-15(12)11(16)6-5-10-4-3-8-17-10/h1,3-6,8-9H,7H2/b6-5-. The summed E-state index contributed by atoms with van der Waals surface area (Å²) in [6.07, 6.45) is 9.74. The van der Waals surface area contributed by atoms with Crippen molar-refractivity contribution in [1.82, 2.24) is 14.8 Å². The Labute approximate surface area is 113 Å². The molecule has 2 aromatic rings. The van der Waals surface area contributed by atoms with Gasteiger partial charge in [0.25, 0.3) is 5.91 Å². The van der Waals surface area contributed by atoms with E-state index in [1.54, 1.807) is 17.4 Å². The van der Waals surface area contributed by atoms with Crippen LogP contribution in [0.4, 0.5) is 0 Å². The second-order valence-corrected chi connectivity index (χ2v) is 5.06. The second kappa shape index (κ2) is 6.19. The van der Waals surface area contributed by atoms with E-state index in [1.807, 2.05) is 17.5 Å². The summed E-state index contributed by atoms with van der Waals surface area (Å²) < 4.78 is 1.24. The molecule has 0 saturated carbocycles. The van der Waals surface area contributed by atoms with Crippen LogP contribution in [0.25, 0.3) is 6.08 Å². The first-order valence-electron chi connectivity index (χ1n) is 5.03. The van der Waals surface area contributed by atoms with Crippen LogP contribution in [0.1, 0.15) is 9.67 Å². The largest absolute Gasteiger partial charge is 0.273 e. The van der Waals surface area contributed by atoms with E-state index in [9.17, 15) is 4.79 Å². The van der Waals surface area contributed by atoms with Gasteiger partial charge in [-0.1, -0.05) is 23.7 Å². The van der Waals surface area contributed by atoms with Crippen LogP contribution in [0, 0.1) is 12.3 Å². The third kappa shape index (κ3) is 3.09. The molecule has 0 fully saturated rings. The van der Waals surface area contributed by atoms with Crippen molar-refractivity contribution in [1.29, 1.82) is 0 Å². The molecule has 2 rings (SSSR count). The lowest BCUT2D eigenvalue weighted by Crippen LogP contribution is -2.10. The maximum atomic E-state index is 11.9. The highest BCUT2D eigenvalue weighted by Crippen LogP contribution is 2.14. The third-order valence-corrected chi connectivity index (χ3v) is 3.63. The van der Waals surface area contributed by atoms with Crippen molar-refractivity contribution in [2.45, 2.75) is 5.16 Å². The first-order chi connectivity index (χ1) is 8.81. The van der Waals surface area contributed by atoms with Crippen LogP contribution in [0.2, 0.25) is 0 Å². The number of nitrogens with zero attached hydrogens (tertiary/aromatic N) is 3. The average Bonchev–Trinajstić information content (AvgIpc) is 3.04. The summed E-state index contributed by atoms with van der Waals surface area (Å²) in [5.74, 6) is 2.70. The Balaban J connectivity index is 2.10. The van der Waals surface area contributed by atoms with Crippen LogP contribution >= 0.6 is 23.1 Å². The lowest BCUT2D eigenvalue weighted by Gasteiger charge is -1.98. The van der Waals surface area contributed by atoms with E-state index in [4.69, 9.17) is 6.42 Å². The van der Waals surface area contributed by atoms with E-state index in [0.29, 0.717) is 10.9 Å². The van der Waals surface area contributed by atoms with Crippen LogP contribution in [-0.4, -0.2) is 26.4 Å². The highest BCUT2D eigenvalue weighted by Gasteiger charge is 2.09. The number of carbonyl (C=O) groups is 1. The van der Waals surface area contributed by atoms with Crippen molar-refractivity contribution in [2.24, 2.45) is 0 Å². The maximum Gasteiger partial charge on any atom is 0.273 e. The van der Waals surface area contributed by atoms with Crippen molar-refractivity contribution >= 4 is 35.1 Å². The van der Waals surface area contributed by atoms with Gasteiger partial charge in [0.2, 0.25) is 0 Å². The molecule has 90 valence electrons. The van der Waals surface area contributed by atoms with Crippen molar-refractivity contribution in [3.05, 3.63) is 34.8 Å². The normalized spacial score (nSPS) is 10.6. The Morgan fingerprint density at radius 2 is 2.56 bits per heavy atom. The Morgan fingerprint density at radius 1 is 1.67 bits per heavy atom. The van der Waals surface area contributed by atoms with Gasteiger partial charge in [-0.25, -0.2) is 4.98 Å². The van der Waals surface area contributed by atoms with Gasteiger partial charge >= 0.3 is 0 Å². The molecule has 0 aliphatic heterocycles. The molecular weight excluding hydrogens is 266 g/mol. The fraction of sp³-hybridized carbons (Fsp3) is 0.0833. The zero-order valence-electron chi connectivity index (χ0n) is 9.31. The van der Waals surface area contributed by atoms with Gasteiger partial charge in [-0.05, 0) is 17.5 Å². The van der Waals surface area contributed by atoms with Gasteiger partial charge in [-0.3, -0.25) is 4.79 Å². The Kier molecular flexibility index (Phi) is 4.34. The van der Waals surface area contributed by atoms with Gasteiger partial charge < -0.3 is 0 Å². The topological polar surface area (TPSA) is 47.8 Å². The zero-order valence-corrected chi connectivity index (χ0v) is 10.9. The molecule has 0 aliphatic rings. The van der Waals surface area contributed by atoms with Crippen molar-refractivity contribution in [3.63, 3.8) is 0 Å². The number of carbonyl (C=O) groups excluding carboxylic acids is 1. The number of rotatable bonds is 4. The van der Waals surface area contributed by atoms with Crippen LogP contribution < -0.4 is 0 Å². The van der Waals surface area contributed by atoms with Gasteiger partial charge in [-0.15, -0.1) is 17.8 Å². The van der Waals surface area contributed by atoms with Gasteiger partial charge in [0.05, 0.1) is 5.75 Å². The summed E-state index contributed by atoms with van der Waals surface area (Å²) in [6.45, 7) is 0. The Hall–Kier alpha value is -1.84. The van der Waals surface area contributed by atoms with Gasteiger partial charge in [-0.2, -0.15) is 9.78 Å². The van der Waals surface area contributed by atoms with Crippen LogP contribution in [0.5, 0.6) is 0 Å². The number of hydrogen-bond acceptors (Lipinski definition) is 5. The van der Waals surface area contributed by atoms with E-state index < -0.39 is 0 Å². The molecular formula is C12H9N3OS2. The lowest BCUT2D eigenvalue weighted by molar-refractivity contribution is 0.0943. The summed E-state index contributed by atoms with van der Waals surface area (Å²) in [7, 11) is 0. The fourth-order valence-electron chi connectivity index (χ4n) is 1.20. The molecule has 0 spiro atoms. The highest BCUT2D eigenvalue weighted by atomic mass is 32.2. The minimum Gasteiger partial charge on any atom is -0.267 e. The minimum atomic E-state index is -0.236. The highest BCUT2D eigenvalue weighted by molar-refractivity contribution is 7.99. The van der Waals surface area contributed by atoms with Gasteiger partial charge in [0.1, 0.15) is 6.33 Å². The third-order valence-electron chi connectivity index (χ3n) is 1.94. The summed E-state index contributed by atoms with van der Waals surface area (Å²) >= 11 is 2.87. The number of aromatic nitrogens is 3. The molecule has 0 N–H and O–H groups in total. The number of allylic oxidation sites excluding steroid dienone is 1. The first kappa shape index (κ1) is 12.6. The molecule has 18 heavy (non-hydrogen) atoms. The van der Waals surface area contributed by atoms with E-state index in [-0.39, 0.29) is 5.91 Å². The van der Waals surface area contributed by atoms with Crippen molar-refractivity contribution < 1.29 is 4.79 Å². The van der Waals surface area contributed by atoms with Crippen LogP contribution in [0.15, 0.2) is 35.1 Å². The molecule has 2 aromatic heterocycles. The predicted molar refractivity (Wildman–Crippen MR) is 73.6 cm³/mol. The van der Waals surface area contributed by atoms with Crippen molar-refractivity contribution in [2.75, 3.05) is 5.75 Å². The van der Waals surface area contributed by atoms with Crippen LogP contribution in [0.3, 0.4) is 0 Å². The molecule has 0 radical (unpaired) electrons. The monoisotopic (exact) mass is 275 g/mol. The molecule has 0 bridgehead atoms. The second-order valence-electron chi connectivity index (χ2n) is 3.13. The average molecular weight is 275 g/mol. The fourth-order valence-corrected chi connectivity index (χ4v) is 2.41. The molecule has 0 aromatic carbocycles. The van der Waals surface area contributed by atoms with E-state index in [1.165, 1.54) is 28.8 Å². The number of hydrogen-bond donors (Lipinski definition) is 0. The summed E-state index contributed by atoms with van der Waals surface area (Å²) in [5, 5.41) is 6.35. The predicted octanol–water partition coefficient (Wildman–Crippen LogP) is 2.42. The molecule has 0 aliphatic carbocycles. The molecule has 4 nitrogen and oxygen atoms in total. The molecule has 0 atom stereocenters. The van der Waals surface area contributed by atoms with E-state index in [0.717, 1.165) is 4.88 Å². The molecule has 2 heterocycles. The Bertz CT molecular complexity index is 593. The molecule has 0 saturated heterocycles. The number of thioether (sulfide) groups is 1. The van der Waals surface area contributed by atoms with E-state index in [2.05, 4.69) is 16.0 Å². The smallest absolute Gasteiger partial charge is 0.267 e. The quantitative estimate of drug-likeness (QED) is 0.488. The maximum absolute atomic E-state index is 11.9.